The van der Waals surface area contributed by atoms with Crippen molar-refractivity contribution in [2.45, 2.75) is 0 Å². The first-order valence-corrected chi connectivity index (χ1v) is 6.93. The number of fused-ring (bicyclic) bond motifs is 3. The third-order valence-electron chi connectivity index (χ3n) is 2.76. The van der Waals surface area contributed by atoms with Crippen LogP contribution in [0.1, 0.15) is 15.9 Å². The van der Waals surface area contributed by atoms with Crippen LogP contribution >= 0.6 is 23.4 Å². The van der Waals surface area contributed by atoms with Crippen molar-refractivity contribution in [3.8, 4) is 0 Å². The first-order chi connectivity index (χ1) is 9.61. The van der Waals surface area contributed by atoms with Gasteiger partial charge in [0.2, 0.25) is 5.12 Å². The molecule has 1 amide bonds. The van der Waals surface area contributed by atoms with Gasteiger partial charge in [0.25, 0.3) is 5.91 Å². The lowest BCUT2D eigenvalue weighted by molar-refractivity contribution is -0.108. The minimum atomic E-state index is -0.749. The summed E-state index contributed by atoms with van der Waals surface area (Å²) in [6.07, 6.45) is 0. The molecule has 0 spiro atoms. The Morgan fingerprint density at radius 2 is 2.00 bits per heavy atom. The fourth-order valence-electron chi connectivity index (χ4n) is 1.98. The number of halogens is 1. The van der Waals surface area contributed by atoms with Crippen LogP contribution in [0.2, 0.25) is 0 Å². The van der Waals surface area contributed by atoms with Gasteiger partial charge in [0, 0.05) is 10.9 Å². The van der Waals surface area contributed by atoms with Crippen LogP contribution in [0.15, 0.2) is 38.5 Å². The minimum absolute atomic E-state index is 0.131. The predicted octanol–water partition coefficient (Wildman–Crippen LogP) is 2.19. The van der Waals surface area contributed by atoms with Crippen molar-refractivity contribution < 1.29 is 14.0 Å². The van der Waals surface area contributed by atoms with Gasteiger partial charge in [0.05, 0.1) is 5.88 Å². The highest BCUT2D eigenvalue weighted by atomic mass is 35.5. The Balaban J connectivity index is 2.29. The molecule has 1 aromatic heterocycles. The molecule has 0 bridgehead atoms. The third kappa shape index (κ3) is 1.97. The van der Waals surface area contributed by atoms with Crippen LogP contribution in [0.3, 0.4) is 0 Å². The van der Waals surface area contributed by atoms with Gasteiger partial charge in [0.1, 0.15) is 16.2 Å². The zero-order chi connectivity index (χ0) is 14.3. The molecule has 2 aromatic rings. The molecule has 1 aliphatic heterocycles. The lowest BCUT2D eigenvalue weighted by Crippen LogP contribution is -2.13. The van der Waals surface area contributed by atoms with Crippen molar-refractivity contribution in [2.24, 2.45) is 4.99 Å². The Hall–Kier alpha value is -1.92. The summed E-state index contributed by atoms with van der Waals surface area (Å²) in [5.74, 6) is -0.892. The fourth-order valence-corrected chi connectivity index (χ4v) is 2.86. The fraction of sp³-hybridized carbons (Fsp3) is 0.0769. The minimum Gasteiger partial charge on any atom is -0.422 e. The molecule has 0 saturated heterocycles. The van der Waals surface area contributed by atoms with E-state index < -0.39 is 11.5 Å². The number of aliphatic imine (C=N–C) groups is 1. The molecule has 0 fully saturated rings. The van der Waals surface area contributed by atoms with E-state index >= 15 is 0 Å². The Bertz CT molecular complexity index is 840. The monoisotopic (exact) mass is 307 g/mol. The maximum Gasteiger partial charge on any atom is 0.350 e. The average Bonchev–Trinajstić information content (AvgIpc) is 2.76. The van der Waals surface area contributed by atoms with Gasteiger partial charge in [-0.1, -0.05) is 18.2 Å². The van der Waals surface area contributed by atoms with E-state index in [4.69, 9.17) is 16.0 Å². The summed E-state index contributed by atoms with van der Waals surface area (Å²) in [5.41, 5.74) is -0.183. The highest BCUT2D eigenvalue weighted by Crippen LogP contribution is 2.30. The largest absolute Gasteiger partial charge is 0.422 e. The lowest BCUT2D eigenvalue weighted by atomic mass is 10.1. The average molecular weight is 308 g/mol. The SMILES string of the molecule is O=C(CCl)SC1=NC(=O)c2c1c1ccccc1oc2=O. The molecule has 100 valence electrons. The van der Waals surface area contributed by atoms with Gasteiger partial charge in [-0.05, 0) is 17.8 Å². The van der Waals surface area contributed by atoms with E-state index in [1.807, 2.05) is 0 Å². The molecule has 0 aliphatic carbocycles. The van der Waals surface area contributed by atoms with Crippen LogP contribution in [-0.4, -0.2) is 21.9 Å². The molecule has 5 nitrogen and oxygen atoms in total. The molecule has 0 N–H and O–H groups in total. The van der Waals surface area contributed by atoms with Gasteiger partial charge in [-0.3, -0.25) is 9.59 Å². The Morgan fingerprint density at radius 1 is 1.25 bits per heavy atom. The van der Waals surface area contributed by atoms with E-state index in [9.17, 15) is 14.4 Å². The number of nitrogens with zero attached hydrogens (tertiary/aromatic N) is 1. The molecule has 0 atom stereocenters. The van der Waals surface area contributed by atoms with E-state index in [2.05, 4.69) is 4.99 Å². The second-order valence-electron chi connectivity index (χ2n) is 3.97. The molecule has 1 aromatic carbocycles. The zero-order valence-corrected chi connectivity index (χ0v) is 11.5. The molecular formula is C13H6ClNO4S. The van der Waals surface area contributed by atoms with E-state index in [0.717, 1.165) is 11.8 Å². The van der Waals surface area contributed by atoms with Crippen molar-refractivity contribution in [3.05, 3.63) is 45.8 Å². The number of rotatable bonds is 1. The molecular weight excluding hydrogens is 302 g/mol. The zero-order valence-electron chi connectivity index (χ0n) is 9.88. The summed E-state index contributed by atoms with van der Waals surface area (Å²) in [4.78, 5) is 38.9. The molecule has 0 saturated carbocycles. The van der Waals surface area contributed by atoms with Gasteiger partial charge in [-0.15, -0.1) is 11.6 Å². The third-order valence-corrected chi connectivity index (χ3v) is 4.03. The van der Waals surface area contributed by atoms with Crippen molar-refractivity contribution in [3.63, 3.8) is 0 Å². The first-order valence-electron chi connectivity index (χ1n) is 5.57. The van der Waals surface area contributed by atoms with Crippen molar-refractivity contribution in [1.82, 2.24) is 0 Å². The van der Waals surface area contributed by atoms with Gasteiger partial charge in [0.15, 0.2) is 0 Å². The highest BCUT2D eigenvalue weighted by molar-refractivity contribution is 8.27. The van der Waals surface area contributed by atoms with Crippen LogP contribution in [-0.2, 0) is 4.79 Å². The number of benzene rings is 1. The molecule has 0 radical (unpaired) electrons. The van der Waals surface area contributed by atoms with Crippen LogP contribution in [0.4, 0.5) is 0 Å². The van der Waals surface area contributed by atoms with E-state index in [-0.39, 0.29) is 21.6 Å². The molecule has 20 heavy (non-hydrogen) atoms. The van der Waals surface area contributed by atoms with Crippen LogP contribution < -0.4 is 5.63 Å². The van der Waals surface area contributed by atoms with Gasteiger partial charge in [-0.2, -0.15) is 0 Å². The second kappa shape index (κ2) is 4.88. The van der Waals surface area contributed by atoms with Gasteiger partial charge in [-0.25, -0.2) is 9.79 Å². The predicted molar refractivity (Wildman–Crippen MR) is 76.7 cm³/mol. The molecule has 7 heteroatoms. The quantitative estimate of drug-likeness (QED) is 0.596. The number of carbonyl (C=O) groups excluding carboxylic acids is 2. The molecule has 3 rings (SSSR count). The number of para-hydroxylation sites is 1. The number of carbonyl (C=O) groups is 2. The maximum atomic E-state index is 11.9. The maximum absolute atomic E-state index is 11.9. The lowest BCUT2D eigenvalue weighted by Gasteiger charge is -2.04. The topological polar surface area (TPSA) is 76.7 Å². The first kappa shape index (κ1) is 13.1. The Kier molecular flexibility index (Phi) is 3.19. The molecule has 1 aliphatic rings. The summed E-state index contributed by atoms with van der Waals surface area (Å²) in [5, 5.41) is 0.421. The number of thioether (sulfide) groups is 1. The van der Waals surface area contributed by atoms with Crippen LogP contribution in [0.25, 0.3) is 11.0 Å². The summed E-state index contributed by atoms with van der Waals surface area (Å²) in [6, 6.07) is 6.78. The number of alkyl halides is 1. The summed E-state index contributed by atoms with van der Waals surface area (Å²) >= 11 is 6.21. The summed E-state index contributed by atoms with van der Waals surface area (Å²) in [7, 11) is 0. The molecule has 2 heterocycles. The van der Waals surface area contributed by atoms with E-state index in [0.29, 0.717) is 16.5 Å². The summed E-state index contributed by atoms with van der Waals surface area (Å²) in [6.45, 7) is 0. The normalized spacial score (nSPS) is 13.4. The summed E-state index contributed by atoms with van der Waals surface area (Å²) < 4.78 is 5.08. The molecule has 0 unspecified atom stereocenters. The standard InChI is InChI=1S/C13H6ClNO4S/c14-5-8(16)20-12-9-6-3-1-2-4-7(6)19-13(18)10(9)11(17)15-12/h1-4H,5H2. The van der Waals surface area contributed by atoms with Gasteiger partial charge >= 0.3 is 5.63 Å². The Morgan fingerprint density at radius 3 is 2.75 bits per heavy atom. The smallest absolute Gasteiger partial charge is 0.350 e. The van der Waals surface area contributed by atoms with E-state index in [1.54, 1.807) is 24.3 Å². The number of hydrogen-bond donors (Lipinski definition) is 0. The van der Waals surface area contributed by atoms with E-state index in [1.165, 1.54) is 0 Å². The van der Waals surface area contributed by atoms with Crippen molar-refractivity contribution >= 4 is 50.4 Å². The van der Waals surface area contributed by atoms with Crippen LogP contribution in [0.5, 0.6) is 0 Å². The number of hydrogen-bond acceptors (Lipinski definition) is 5. The number of amides is 1. The van der Waals surface area contributed by atoms with Gasteiger partial charge < -0.3 is 4.42 Å². The van der Waals surface area contributed by atoms with Crippen molar-refractivity contribution in [1.29, 1.82) is 0 Å². The Labute approximate surface area is 121 Å². The highest BCUT2D eigenvalue weighted by Gasteiger charge is 2.31. The second-order valence-corrected chi connectivity index (χ2v) is 5.28. The van der Waals surface area contributed by atoms with Crippen molar-refractivity contribution in [2.75, 3.05) is 5.88 Å². The van der Waals surface area contributed by atoms with Crippen LogP contribution in [0, 0.1) is 0 Å².